The fourth-order valence-corrected chi connectivity index (χ4v) is 4.81. The lowest BCUT2D eigenvalue weighted by atomic mass is 9.89. The first-order valence-corrected chi connectivity index (χ1v) is 11.2. The number of imide groups is 1. The minimum absolute atomic E-state index is 0.145. The number of aryl methyl sites for hydroxylation is 4. The van der Waals surface area contributed by atoms with Crippen molar-refractivity contribution >= 4 is 23.5 Å². The maximum atomic E-state index is 13.4. The fourth-order valence-electron chi connectivity index (χ4n) is 4.81. The van der Waals surface area contributed by atoms with Crippen LogP contribution in [0.15, 0.2) is 36.4 Å². The van der Waals surface area contributed by atoms with E-state index >= 15 is 0 Å². The van der Waals surface area contributed by atoms with Gasteiger partial charge in [-0.2, -0.15) is 5.26 Å². The van der Waals surface area contributed by atoms with E-state index in [1.165, 1.54) is 16.0 Å². The Morgan fingerprint density at radius 3 is 2.52 bits per heavy atom. The van der Waals surface area contributed by atoms with Gasteiger partial charge in [0.15, 0.2) is 0 Å². The van der Waals surface area contributed by atoms with Crippen LogP contribution in [0.2, 0.25) is 0 Å². The van der Waals surface area contributed by atoms with Gasteiger partial charge >= 0.3 is 6.03 Å². The molecule has 4 rings (SSSR count). The predicted octanol–water partition coefficient (Wildman–Crippen LogP) is 3.51. The van der Waals surface area contributed by atoms with Crippen LogP contribution in [0.4, 0.5) is 10.5 Å². The van der Waals surface area contributed by atoms with Crippen LogP contribution in [-0.2, 0) is 28.0 Å². The van der Waals surface area contributed by atoms with Crippen LogP contribution < -0.4 is 10.2 Å². The van der Waals surface area contributed by atoms with Crippen LogP contribution in [0.25, 0.3) is 0 Å². The van der Waals surface area contributed by atoms with Crippen molar-refractivity contribution in [1.82, 2.24) is 10.2 Å². The molecule has 1 aliphatic carbocycles. The molecule has 7 heteroatoms. The zero-order valence-electron chi connectivity index (χ0n) is 19.3. The molecule has 0 bridgehead atoms. The molecule has 0 radical (unpaired) electrons. The van der Waals surface area contributed by atoms with Crippen molar-refractivity contribution in [3.05, 3.63) is 64.2 Å². The number of nitrogens with one attached hydrogen (secondary N) is 1. The van der Waals surface area contributed by atoms with Gasteiger partial charge < -0.3 is 10.2 Å². The van der Waals surface area contributed by atoms with Gasteiger partial charge in [0.1, 0.15) is 12.1 Å². The van der Waals surface area contributed by atoms with Crippen molar-refractivity contribution in [2.45, 2.75) is 52.0 Å². The number of hydrogen-bond acceptors (Lipinski definition) is 4. The quantitative estimate of drug-likeness (QED) is 0.690. The summed E-state index contributed by atoms with van der Waals surface area (Å²) in [6, 6.07) is 13.1. The third-order valence-electron chi connectivity index (χ3n) is 6.51. The molecular formula is C26H28N4O3. The average Bonchev–Trinajstić information content (AvgIpc) is 3.31. The van der Waals surface area contributed by atoms with E-state index in [4.69, 9.17) is 5.26 Å². The van der Waals surface area contributed by atoms with Gasteiger partial charge in [-0.25, -0.2) is 4.79 Å². The van der Waals surface area contributed by atoms with Gasteiger partial charge in [0.25, 0.3) is 5.91 Å². The highest BCUT2D eigenvalue weighted by Crippen LogP contribution is 2.32. The summed E-state index contributed by atoms with van der Waals surface area (Å²) in [5.74, 6) is -0.851. The predicted molar refractivity (Wildman–Crippen MR) is 125 cm³/mol. The molecule has 1 saturated heterocycles. The number of carbonyl (C=O) groups is 3. The molecule has 1 N–H and O–H groups in total. The minimum Gasteiger partial charge on any atom is -0.319 e. The molecule has 1 unspecified atom stereocenters. The highest BCUT2D eigenvalue weighted by molar-refractivity contribution is 6.10. The lowest BCUT2D eigenvalue weighted by molar-refractivity contribution is -0.134. The molecule has 7 nitrogen and oxygen atoms in total. The molecule has 1 fully saturated rings. The van der Waals surface area contributed by atoms with Gasteiger partial charge in [-0.05, 0) is 80.0 Å². The standard InChI is InChI=1S/C26H28N4O3/c1-17-12-18(2)14-22(13-17)29(11-5-10-27)23(31)16-30-24(32)26(3,28-25(30)33)21-9-8-19-6-4-7-20(19)15-21/h8-9,12-15H,4-7,11,16H2,1-3H3,(H,28,33). The third-order valence-corrected chi connectivity index (χ3v) is 6.51. The zero-order chi connectivity index (χ0) is 23.8. The van der Waals surface area contributed by atoms with Crippen LogP contribution in [0.1, 0.15) is 47.6 Å². The minimum atomic E-state index is -1.22. The number of benzene rings is 2. The molecule has 1 atom stereocenters. The van der Waals surface area contributed by atoms with Crippen molar-refractivity contribution in [3.8, 4) is 6.07 Å². The number of urea groups is 1. The summed E-state index contributed by atoms with van der Waals surface area (Å²) in [4.78, 5) is 41.9. The number of carbonyl (C=O) groups excluding carboxylic acids is 3. The van der Waals surface area contributed by atoms with Crippen molar-refractivity contribution in [2.24, 2.45) is 0 Å². The zero-order valence-corrected chi connectivity index (χ0v) is 19.3. The van der Waals surface area contributed by atoms with Crippen LogP contribution >= 0.6 is 0 Å². The number of rotatable bonds is 6. The summed E-state index contributed by atoms with van der Waals surface area (Å²) in [5.41, 5.74) is 4.63. The Bertz CT molecular complexity index is 1160. The van der Waals surface area contributed by atoms with Gasteiger partial charge in [-0.3, -0.25) is 14.5 Å². The Morgan fingerprint density at radius 2 is 1.82 bits per heavy atom. The van der Waals surface area contributed by atoms with E-state index in [0.717, 1.165) is 40.9 Å². The maximum absolute atomic E-state index is 13.4. The maximum Gasteiger partial charge on any atom is 0.325 e. The van der Waals surface area contributed by atoms with E-state index in [1.807, 2.05) is 50.2 Å². The van der Waals surface area contributed by atoms with Gasteiger partial charge in [0, 0.05) is 12.2 Å². The molecule has 2 aromatic rings. The number of hydrogen-bond donors (Lipinski definition) is 1. The second-order valence-electron chi connectivity index (χ2n) is 9.08. The van der Waals surface area contributed by atoms with Crippen LogP contribution in [0.3, 0.4) is 0 Å². The number of nitrogens with zero attached hydrogens (tertiary/aromatic N) is 3. The van der Waals surface area contributed by atoms with Crippen LogP contribution in [0, 0.1) is 25.2 Å². The summed E-state index contributed by atoms with van der Waals surface area (Å²) in [6.45, 7) is 5.35. The van der Waals surface area contributed by atoms with E-state index in [1.54, 1.807) is 6.92 Å². The summed E-state index contributed by atoms with van der Waals surface area (Å²) < 4.78 is 0. The third kappa shape index (κ3) is 4.21. The number of fused-ring (bicyclic) bond motifs is 1. The smallest absolute Gasteiger partial charge is 0.319 e. The molecule has 0 aromatic heterocycles. The fraction of sp³-hybridized carbons (Fsp3) is 0.385. The lowest BCUT2D eigenvalue weighted by Crippen LogP contribution is -2.45. The van der Waals surface area contributed by atoms with Gasteiger partial charge in [-0.15, -0.1) is 0 Å². The van der Waals surface area contributed by atoms with Gasteiger partial charge in [-0.1, -0.05) is 24.3 Å². The van der Waals surface area contributed by atoms with Crippen molar-refractivity contribution in [1.29, 1.82) is 5.26 Å². The van der Waals surface area contributed by atoms with Crippen LogP contribution in [-0.4, -0.2) is 35.8 Å². The van der Waals surface area contributed by atoms with Crippen molar-refractivity contribution in [3.63, 3.8) is 0 Å². The Balaban J connectivity index is 1.58. The SMILES string of the molecule is Cc1cc(C)cc(N(CCC#N)C(=O)CN2C(=O)NC(C)(c3ccc4c(c3)CCC4)C2=O)c1. The number of anilines is 1. The molecular weight excluding hydrogens is 416 g/mol. The summed E-state index contributed by atoms with van der Waals surface area (Å²) in [5, 5.41) is 11.9. The highest BCUT2D eigenvalue weighted by atomic mass is 16.2. The summed E-state index contributed by atoms with van der Waals surface area (Å²) >= 11 is 0. The largest absolute Gasteiger partial charge is 0.325 e. The molecule has 0 saturated carbocycles. The molecule has 2 aromatic carbocycles. The van der Waals surface area contributed by atoms with E-state index in [0.29, 0.717) is 5.69 Å². The first-order chi connectivity index (χ1) is 15.7. The Morgan fingerprint density at radius 1 is 1.12 bits per heavy atom. The molecule has 170 valence electrons. The van der Waals surface area contributed by atoms with E-state index in [9.17, 15) is 14.4 Å². The Kier molecular flexibility index (Phi) is 5.94. The first-order valence-electron chi connectivity index (χ1n) is 11.2. The number of amides is 4. The first kappa shape index (κ1) is 22.5. The topological polar surface area (TPSA) is 93.5 Å². The Labute approximate surface area is 194 Å². The lowest BCUT2D eigenvalue weighted by Gasteiger charge is -2.26. The molecule has 1 aliphatic heterocycles. The summed E-state index contributed by atoms with van der Waals surface area (Å²) in [6.07, 6.45) is 3.23. The molecule has 0 spiro atoms. The molecule has 2 aliphatic rings. The normalized spacial score (nSPS) is 19.3. The van der Waals surface area contributed by atoms with Crippen LogP contribution in [0.5, 0.6) is 0 Å². The van der Waals surface area contributed by atoms with Crippen molar-refractivity contribution in [2.75, 3.05) is 18.0 Å². The molecule has 33 heavy (non-hydrogen) atoms. The van der Waals surface area contributed by atoms with E-state index in [-0.39, 0.29) is 19.5 Å². The van der Waals surface area contributed by atoms with E-state index < -0.39 is 23.4 Å². The Hall–Kier alpha value is -3.66. The van der Waals surface area contributed by atoms with Gasteiger partial charge in [0.2, 0.25) is 5.91 Å². The highest BCUT2D eigenvalue weighted by Gasteiger charge is 2.50. The summed E-state index contributed by atoms with van der Waals surface area (Å²) in [7, 11) is 0. The second kappa shape index (κ2) is 8.70. The van der Waals surface area contributed by atoms with Crippen molar-refractivity contribution < 1.29 is 14.4 Å². The number of nitriles is 1. The second-order valence-corrected chi connectivity index (χ2v) is 9.08. The molecule has 4 amide bonds. The van der Waals surface area contributed by atoms with Gasteiger partial charge in [0.05, 0.1) is 12.5 Å². The molecule has 1 heterocycles. The monoisotopic (exact) mass is 444 g/mol. The van der Waals surface area contributed by atoms with E-state index in [2.05, 4.69) is 11.4 Å². The average molecular weight is 445 g/mol.